The first kappa shape index (κ1) is 11.6. The molecular formula is C13H14N6. The second kappa shape index (κ2) is 4.31. The van der Waals surface area contributed by atoms with E-state index < -0.39 is 0 Å². The Morgan fingerprint density at radius 1 is 1.11 bits per heavy atom. The van der Waals surface area contributed by atoms with Gasteiger partial charge in [-0.25, -0.2) is 14.6 Å². The van der Waals surface area contributed by atoms with Crippen LogP contribution in [0.5, 0.6) is 0 Å². The molecule has 1 aromatic carbocycles. The van der Waals surface area contributed by atoms with E-state index in [1.807, 2.05) is 13.1 Å². The van der Waals surface area contributed by atoms with Crippen LogP contribution in [-0.4, -0.2) is 25.0 Å². The Balaban J connectivity index is 2.11. The SMILES string of the molecule is Cc1cccc(C)c1Nc1ncnc2c1nnn2C. The minimum Gasteiger partial charge on any atom is -0.338 e. The molecule has 19 heavy (non-hydrogen) atoms. The number of aryl methyl sites for hydroxylation is 3. The molecule has 3 aromatic rings. The molecule has 0 aliphatic heterocycles. The van der Waals surface area contributed by atoms with Gasteiger partial charge < -0.3 is 5.32 Å². The van der Waals surface area contributed by atoms with Crippen LogP contribution in [0.1, 0.15) is 11.1 Å². The van der Waals surface area contributed by atoms with Crippen molar-refractivity contribution in [1.29, 1.82) is 0 Å². The number of nitrogens with one attached hydrogen (secondary N) is 1. The summed E-state index contributed by atoms with van der Waals surface area (Å²) in [6, 6.07) is 6.16. The Kier molecular flexibility index (Phi) is 2.63. The largest absolute Gasteiger partial charge is 0.338 e. The highest BCUT2D eigenvalue weighted by molar-refractivity contribution is 5.85. The van der Waals surface area contributed by atoms with Crippen molar-refractivity contribution in [2.75, 3.05) is 5.32 Å². The summed E-state index contributed by atoms with van der Waals surface area (Å²) in [7, 11) is 1.81. The van der Waals surface area contributed by atoms with Gasteiger partial charge in [0, 0.05) is 12.7 Å². The molecule has 96 valence electrons. The molecule has 0 bridgehead atoms. The van der Waals surface area contributed by atoms with E-state index in [2.05, 4.69) is 51.6 Å². The molecule has 3 rings (SSSR count). The van der Waals surface area contributed by atoms with Crippen molar-refractivity contribution < 1.29 is 0 Å². The first-order valence-electron chi connectivity index (χ1n) is 6.00. The minimum absolute atomic E-state index is 0.674. The summed E-state index contributed by atoms with van der Waals surface area (Å²) < 4.78 is 1.63. The van der Waals surface area contributed by atoms with Crippen molar-refractivity contribution in [3.05, 3.63) is 35.7 Å². The zero-order valence-electron chi connectivity index (χ0n) is 11.0. The molecule has 2 aromatic heterocycles. The standard InChI is InChI=1S/C13H14N6/c1-8-5-4-6-9(2)10(8)16-12-11-13(15-7-14-12)19(3)18-17-11/h4-7H,1-3H3,(H,14,15,16). The summed E-state index contributed by atoms with van der Waals surface area (Å²) >= 11 is 0. The van der Waals surface area contributed by atoms with Crippen molar-refractivity contribution in [2.45, 2.75) is 13.8 Å². The highest BCUT2D eigenvalue weighted by Crippen LogP contribution is 2.25. The second-order valence-electron chi connectivity index (χ2n) is 4.50. The van der Waals surface area contributed by atoms with Gasteiger partial charge >= 0.3 is 0 Å². The van der Waals surface area contributed by atoms with E-state index in [0.29, 0.717) is 17.0 Å². The Hall–Kier alpha value is -2.50. The number of hydrogen-bond acceptors (Lipinski definition) is 5. The first-order valence-corrected chi connectivity index (χ1v) is 6.00. The normalized spacial score (nSPS) is 10.9. The predicted molar refractivity (Wildman–Crippen MR) is 73.3 cm³/mol. The topological polar surface area (TPSA) is 68.5 Å². The van der Waals surface area contributed by atoms with Crippen LogP contribution in [0.15, 0.2) is 24.5 Å². The lowest BCUT2D eigenvalue weighted by atomic mass is 10.1. The average molecular weight is 254 g/mol. The predicted octanol–water partition coefficient (Wildman–Crippen LogP) is 2.12. The zero-order chi connectivity index (χ0) is 13.4. The summed E-state index contributed by atoms with van der Waals surface area (Å²) in [5.74, 6) is 0.676. The smallest absolute Gasteiger partial charge is 0.183 e. The minimum atomic E-state index is 0.674. The van der Waals surface area contributed by atoms with Gasteiger partial charge in [-0.1, -0.05) is 23.4 Å². The van der Waals surface area contributed by atoms with Gasteiger partial charge in [-0.15, -0.1) is 5.10 Å². The van der Waals surface area contributed by atoms with Gasteiger partial charge in [0.05, 0.1) is 0 Å². The Bertz CT molecular complexity index is 726. The first-order chi connectivity index (χ1) is 9.16. The molecule has 0 aliphatic rings. The zero-order valence-corrected chi connectivity index (χ0v) is 11.0. The Labute approximate surface area is 110 Å². The number of para-hydroxylation sites is 1. The number of aromatic nitrogens is 5. The highest BCUT2D eigenvalue weighted by Gasteiger charge is 2.11. The van der Waals surface area contributed by atoms with Gasteiger partial charge in [-0.3, -0.25) is 0 Å². The highest BCUT2D eigenvalue weighted by atomic mass is 15.4. The number of anilines is 2. The van der Waals surface area contributed by atoms with Gasteiger partial charge in [0.15, 0.2) is 17.0 Å². The lowest BCUT2D eigenvalue weighted by Crippen LogP contribution is -2.00. The van der Waals surface area contributed by atoms with E-state index in [9.17, 15) is 0 Å². The molecule has 0 unspecified atom stereocenters. The van der Waals surface area contributed by atoms with Crippen molar-refractivity contribution in [3.8, 4) is 0 Å². The Morgan fingerprint density at radius 3 is 2.58 bits per heavy atom. The second-order valence-corrected chi connectivity index (χ2v) is 4.50. The van der Waals surface area contributed by atoms with Gasteiger partial charge in [-0.05, 0) is 25.0 Å². The van der Waals surface area contributed by atoms with Gasteiger partial charge in [0.25, 0.3) is 0 Å². The van der Waals surface area contributed by atoms with Gasteiger partial charge in [0.2, 0.25) is 0 Å². The summed E-state index contributed by atoms with van der Waals surface area (Å²) in [5, 5.41) is 11.4. The maximum atomic E-state index is 4.26. The van der Waals surface area contributed by atoms with Crippen molar-refractivity contribution in [1.82, 2.24) is 25.0 Å². The summed E-state index contributed by atoms with van der Waals surface area (Å²) in [5.41, 5.74) is 4.76. The molecule has 0 amide bonds. The summed E-state index contributed by atoms with van der Waals surface area (Å²) in [6.45, 7) is 4.12. The van der Waals surface area contributed by atoms with E-state index >= 15 is 0 Å². The van der Waals surface area contributed by atoms with Gasteiger partial charge in [0.1, 0.15) is 6.33 Å². The molecule has 1 N–H and O–H groups in total. The molecule has 2 heterocycles. The molecule has 0 saturated carbocycles. The van der Waals surface area contributed by atoms with Crippen molar-refractivity contribution in [2.24, 2.45) is 7.05 Å². The summed E-state index contributed by atoms with van der Waals surface area (Å²) in [4.78, 5) is 8.43. The maximum Gasteiger partial charge on any atom is 0.183 e. The molecular weight excluding hydrogens is 240 g/mol. The maximum absolute atomic E-state index is 4.26. The van der Waals surface area contributed by atoms with E-state index in [4.69, 9.17) is 0 Å². The molecule has 0 spiro atoms. The molecule has 0 fully saturated rings. The van der Waals surface area contributed by atoms with Crippen molar-refractivity contribution >= 4 is 22.7 Å². The third kappa shape index (κ3) is 1.91. The number of benzene rings is 1. The van der Waals surface area contributed by atoms with Crippen LogP contribution in [0.2, 0.25) is 0 Å². The van der Waals surface area contributed by atoms with Crippen LogP contribution in [0.25, 0.3) is 11.2 Å². The average Bonchev–Trinajstić information content (AvgIpc) is 2.77. The number of hydrogen-bond donors (Lipinski definition) is 1. The molecule has 0 aliphatic carbocycles. The van der Waals surface area contributed by atoms with E-state index in [1.54, 1.807) is 4.68 Å². The molecule has 0 radical (unpaired) electrons. The fourth-order valence-electron chi connectivity index (χ4n) is 2.07. The monoisotopic (exact) mass is 254 g/mol. The lowest BCUT2D eigenvalue weighted by molar-refractivity contribution is 0.729. The quantitative estimate of drug-likeness (QED) is 0.758. The van der Waals surface area contributed by atoms with E-state index in [-0.39, 0.29) is 0 Å². The van der Waals surface area contributed by atoms with Crippen LogP contribution >= 0.6 is 0 Å². The van der Waals surface area contributed by atoms with Crippen molar-refractivity contribution in [3.63, 3.8) is 0 Å². The lowest BCUT2D eigenvalue weighted by Gasteiger charge is -2.11. The third-order valence-electron chi connectivity index (χ3n) is 3.11. The number of rotatable bonds is 2. The van der Waals surface area contributed by atoms with Gasteiger partial charge in [-0.2, -0.15) is 0 Å². The molecule has 0 atom stereocenters. The van der Waals surface area contributed by atoms with Crippen LogP contribution in [0.3, 0.4) is 0 Å². The van der Waals surface area contributed by atoms with Crippen LogP contribution in [-0.2, 0) is 7.05 Å². The molecule has 0 saturated heterocycles. The number of fused-ring (bicyclic) bond motifs is 1. The molecule has 6 heteroatoms. The van der Waals surface area contributed by atoms with Crippen LogP contribution in [0.4, 0.5) is 11.5 Å². The number of nitrogens with zero attached hydrogens (tertiary/aromatic N) is 5. The third-order valence-corrected chi connectivity index (χ3v) is 3.11. The fraction of sp³-hybridized carbons (Fsp3) is 0.231. The summed E-state index contributed by atoms with van der Waals surface area (Å²) in [6.07, 6.45) is 1.52. The van der Waals surface area contributed by atoms with E-state index in [0.717, 1.165) is 16.8 Å². The van der Waals surface area contributed by atoms with Crippen LogP contribution < -0.4 is 5.32 Å². The van der Waals surface area contributed by atoms with E-state index in [1.165, 1.54) is 6.33 Å². The Morgan fingerprint density at radius 2 is 1.84 bits per heavy atom. The molecule has 6 nitrogen and oxygen atoms in total. The van der Waals surface area contributed by atoms with Crippen LogP contribution in [0, 0.1) is 13.8 Å². The fourth-order valence-corrected chi connectivity index (χ4v) is 2.07.